The number of hydrogen-bond acceptors (Lipinski definition) is 4. The van der Waals surface area contributed by atoms with Gasteiger partial charge >= 0.3 is 0 Å². The Hall–Kier alpha value is -1.35. The van der Waals surface area contributed by atoms with Gasteiger partial charge in [-0.25, -0.2) is 0 Å². The van der Waals surface area contributed by atoms with Crippen LogP contribution in [0.5, 0.6) is 5.75 Å². The van der Waals surface area contributed by atoms with Crippen LogP contribution >= 0.6 is 34.2 Å². The van der Waals surface area contributed by atoms with Crippen molar-refractivity contribution in [3.05, 3.63) is 39.0 Å². The number of benzene rings is 1. The monoisotopic (exact) mass is 378 g/mol. The standard InChI is InChI=1S/C10H6ClIN3O3/c1-18-7-3-2-5(15(16)17)4-6(7)8-9(11)13-14-10(8)12/h2-4H,1H3. The zero-order valence-corrected chi connectivity index (χ0v) is 12.0. The second-order valence-corrected chi connectivity index (χ2v) is 4.68. The van der Waals surface area contributed by atoms with Gasteiger partial charge in [0.05, 0.1) is 17.6 Å². The normalized spacial score (nSPS) is 14.3. The lowest BCUT2D eigenvalue weighted by Gasteiger charge is -2.08. The molecule has 6 nitrogen and oxygen atoms in total. The van der Waals surface area contributed by atoms with Crippen LogP contribution in [-0.4, -0.2) is 15.8 Å². The summed E-state index contributed by atoms with van der Waals surface area (Å²) in [5.74, 6) is 0.482. The molecule has 1 aromatic rings. The summed E-state index contributed by atoms with van der Waals surface area (Å²) in [5.41, 5.74) is 4.73. The molecule has 2 rings (SSSR count). The van der Waals surface area contributed by atoms with Gasteiger partial charge in [0.1, 0.15) is 9.47 Å². The van der Waals surface area contributed by atoms with Crippen molar-refractivity contribution in [2.45, 2.75) is 0 Å². The minimum atomic E-state index is -0.479. The summed E-state index contributed by atoms with van der Waals surface area (Å²) in [6.07, 6.45) is 0. The summed E-state index contributed by atoms with van der Waals surface area (Å²) >= 11 is 7.90. The van der Waals surface area contributed by atoms with Crippen LogP contribution in [0.1, 0.15) is 5.56 Å². The molecule has 1 aliphatic heterocycles. The molecule has 93 valence electrons. The minimum Gasteiger partial charge on any atom is -0.496 e. The number of ether oxygens (including phenoxy) is 1. The highest BCUT2D eigenvalue weighted by atomic mass is 127. The highest BCUT2D eigenvalue weighted by molar-refractivity contribution is 14.1. The van der Waals surface area contributed by atoms with Crippen LogP contribution in [0.25, 0.3) is 5.57 Å². The van der Waals surface area contributed by atoms with E-state index in [2.05, 4.69) is 10.5 Å². The molecular formula is C10H6ClIN3O3. The van der Waals surface area contributed by atoms with E-state index < -0.39 is 4.92 Å². The SMILES string of the molecule is COc1ccc([N+](=O)[O-])cc1C1=C(Cl)[N]N=C1I. The molecule has 0 fully saturated rings. The smallest absolute Gasteiger partial charge is 0.270 e. The highest BCUT2D eigenvalue weighted by Gasteiger charge is 2.24. The molecule has 0 bridgehead atoms. The maximum absolute atomic E-state index is 10.8. The number of methoxy groups -OCH3 is 1. The zero-order valence-electron chi connectivity index (χ0n) is 9.05. The molecule has 0 aliphatic carbocycles. The lowest BCUT2D eigenvalue weighted by molar-refractivity contribution is -0.384. The zero-order chi connectivity index (χ0) is 13.3. The number of hydrogen-bond donors (Lipinski definition) is 0. The number of halogens is 2. The molecule has 0 amide bonds. The Balaban J connectivity index is 2.62. The lowest BCUT2D eigenvalue weighted by Crippen LogP contribution is -1.98. The largest absolute Gasteiger partial charge is 0.496 e. The Morgan fingerprint density at radius 2 is 2.22 bits per heavy atom. The van der Waals surface area contributed by atoms with Gasteiger partial charge in [-0.3, -0.25) is 10.1 Å². The minimum absolute atomic E-state index is 0.0427. The van der Waals surface area contributed by atoms with Crippen LogP contribution < -0.4 is 10.2 Å². The average molecular weight is 379 g/mol. The predicted molar refractivity (Wildman–Crippen MR) is 76.0 cm³/mol. The van der Waals surface area contributed by atoms with Crippen LogP contribution in [0.2, 0.25) is 0 Å². The first-order valence-corrected chi connectivity index (χ1v) is 6.17. The van der Waals surface area contributed by atoms with Crippen LogP contribution in [0, 0.1) is 10.1 Å². The van der Waals surface area contributed by atoms with Crippen LogP contribution in [0.3, 0.4) is 0 Å². The Morgan fingerprint density at radius 3 is 2.72 bits per heavy atom. The molecule has 0 atom stereocenters. The number of nitro benzene ring substituents is 1. The summed E-state index contributed by atoms with van der Waals surface area (Å²) in [7, 11) is 1.48. The predicted octanol–water partition coefficient (Wildman–Crippen LogP) is 2.88. The van der Waals surface area contributed by atoms with Crippen molar-refractivity contribution in [1.82, 2.24) is 5.43 Å². The second kappa shape index (κ2) is 5.11. The molecule has 1 heterocycles. The van der Waals surface area contributed by atoms with Gasteiger partial charge in [-0.1, -0.05) is 11.6 Å². The van der Waals surface area contributed by atoms with Gasteiger partial charge in [-0.05, 0) is 28.7 Å². The first-order chi connectivity index (χ1) is 8.54. The number of allylic oxidation sites excluding steroid dienone is 1. The Bertz CT molecular complexity index is 586. The molecule has 18 heavy (non-hydrogen) atoms. The van der Waals surface area contributed by atoms with E-state index in [4.69, 9.17) is 16.3 Å². The first kappa shape index (κ1) is 13.1. The van der Waals surface area contributed by atoms with Gasteiger partial charge in [0.2, 0.25) is 0 Å². The molecule has 0 saturated heterocycles. The maximum atomic E-state index is 10.8. The molecule has 0 unspecified atom stereocenters. The third-order valence-corrected chi connectivity index (χ3v) is 3.32. The molecule has 0 spiro atoms. The van der Waals surface area contributed by atoms with Crippen molar-refractivity contribution in [3.8, 4) is 5.75 Å². The number of non-ortho nitro benzene ring substituents is 1. The van der Waals surface area contributed by atoms with Crippen molar-refractivity contribution in [2.75, 3.05) is 7.11 Å². The van der Waals surface area contributed by atoms with Gasteiger partial charge in [0.15, 0.2) is 5.16 Å². The third kappa shape index (κ3) is 2.27. The van der Waals surface area contributed by atoms with E-state index >= 15 is 0 Å². The first-order valence-electron chi connectivity index (χ1n) is 4.71. The van der Waals surface area contributed by atoms with Crippen molar-refractivity contribution < 1.29 is 9.66 Å². The summed E-state index contributed by atoms with van der Waals surface area (Å²) in [5, 5.41) is 14.8. The van der Waals surface area contributed by atoms with Crippen molar-refractivity contribution >= 4 is 49.2 Å². The Kier molecular flexibility index (Phi) is 3.71. The summed E-state index contributed by atoms with van der Waals surface area (Å²) in [6, 6.07) is 4.28. The number of nitro groups is 1. The third-order valence-electron chi connectivity index (χ3n) is 2.30. The van der Waals surface area contributed by atoms with Crippen LogP contribution in [-0.2, 0) is 0 Å². The molecule has 0 N–H and O–H groups in total. The molecule has 8 heteroatoms. The lowest BCUT2D eigenvalue weighted by atomic mass is 10.1. The molecular weight excluding hydrogens is 372 g/mol. The van der Waals surface area contributed by atoms with Crippen LogP contribution in [0.15, 0.2) is 28.5 Å². The Morgan fingerprint density at radius 1 is 1.50 bits per heavy atom. The van der Waals surface area contributed by atoms with Gasteiger partial charge in [-0.15, -0.1) is 10.5 Å². The van der Waals surface area contributed by atoms with E-state index in [0.717, 1.165) is 0 Å². The maximum Gasteiger partial charge on any atom is 0.270 e. The average Bonchev–Trinajstić information content (AvgIpc) is 2.68. The van der Waals surface area contributed by atoms with E-state index in [-0.39, 0.29) is 10.8 Å². The molecule has 1 radical (unpaired) electrons. The number of rotatable bonds is 3. The summed E-state index contributed by atoms with van der Waals surface area (Å²) < 4.78 is 5.74. The van der Waals surface area contributed by atoms with Gasteiger partial charge in [-0.2, -0.15) is 0 Å². The van der Waals surface area contributed by atoms with E-state index in [1.54, 1.807) is 0 Å². The molecule has 0 aromatic heterocycles. The van der Waals surface area contributed by atoms with Gasteiger partial charge in [0, 0.05) is 17.7 Å². The summed E-state index contributed by atoms with van der Waals surface area (Å²) in [4.78, 5) is 10.3. The van der Waals surface area contributed by atoms with E-state index in [9.17, 15) is 10.1 Å². The van der Waals surface area contributed by atoms with Gasteiger partial charge < -0.3 is 4.74 Å². The fraction of sp³-hybridized carbons (Fsp3) is 0.100. The van der Waals surface area contributed by atoms with Gasteiger partial charge in [0.25, 0.3) is 5.69 Å². The van der Waals surface area contributed by atoms with E-state index in [1.165, 1.54) is 25.3 Å². The Labute approximate surface area is 121 Å². The van der Waals surface area contributed by atoms with Crippen molar-refractivity contribution in [3.63, 3.8) is 0 Å². The molecule has 0 saturated carbocycles. The molecule has 1 aliphatic rings. The second-order valence-electron chi connectivity index (χ2n) is 3.30. The van der Waals surface area contributed by atoms with E-state index in [0.29, 0.717) is 20.6 Å². The fourth-order valence-corrected chi connectivity index (χ4v) is 2.54. The molecule has 1 aromatic carbocycles. The topological polar surface area (TPSA) is 78.8 Å². The van der Waals surface area contributed by atoms with Crippen molar-refractivity contribution in [1.29, 1.82) is 0 Å². The number of nitrogens with zero attached hydrogens (tertiary/aromatic N) is 3. The summed E-state index contributed by atoms with van der Waals surface area (Å²) in [6.45, 7) is 0. The fourth-order valence-electron chi connectivity index (χ4n) is 1.50. The quantitative estimate of drug-likeness (QED) is 0.351. The van der Waals surface area contributed by atoms with E-state index in [1.807, 2.05) is 22.6 Å². The van der Waals surface area contributed by atoms with Crippen molar-refractivity contribution in [2.24, 2.45) is 5.10 Å². The van der Waals surface area contributed by atoms with Crippen LogP contribution in [0.4, 0.5) is 5.69 Å². The highest BCUT2D eigenvalue weighted by Crippen LogP contribution is 2.36.